The third-order valence-corrected chi connectivity index (χ3v) is 4.47. The summed E-state index contributed by atoms with van der Waals surface area (Å²) in [5.41, 5.74) is 8.32. The van der Waals surface area contributed by atoms with E-state index in [2.05, 4.69) is 45.4 Å². The van der Waals surface area contributed by atoms with Gasteiger partial charge in [0.2, 0.25) is 5.95 Å². The molecule has 0 saturated heterocycles. The van der Waals surface area contributed by atoms with E-state index >= 15 is 0 Å². The molecule has 0 spiro atoms. The van der Waals surface area contributed by atoms with E-state index in [4.69, 9.17) is 5.73 Å². The van der Waals surface area contributed by atoms with Crippen molar-refractivity contribution in [1.82, 2.24) is 14.9 Å². The molecule has 2 heterocycles. The number of nitrogens with two attached hydrogens (primary N) is 1. The number of rotatable bonds is 3. The van der Waals surface area contributed by atoms with Crippen LogP contribution in [-0.4, -0.2) is 27.7 Å². The Morgan fingerprint density at radius 3 is 2.86 bits per heavy atom. The first-order chi connectivity index (χ1) is 10.2. The molecule has 6 heteroatoms. The molecule has 1 aromatic carbocycles. The maximum Gasteiger partial charge on any atom is 0.257 e. The first-order valence-electron chi connectivity index (χ1n) is 6.88. The minimum atomic E-state index is -0.111. The molecule has 0 saturated carbocycles. The zero-order valence-electron chi connectivity index (χ0n) is 11.9. The Morgan fingerprint density at radius 1 is 1.38 bits per heavy atom. The molecule has 0 fully saturated rings. The van der Waals surface area contributed by atoms with Gasteiger partial charge in [0.25, 0.3) is 5.56 Å². The Hall–Kier alpha value is -1.79. The number of benzene rings is 1. The monoisotopic (exact) mass is 302 g/mol. The molecule has 0 radical (unpaired) electrons. The van der Waals surface area contributed by atoms with Gasteiger partial charge in [-0.2, -0.15) is 0 Å². The fourth-order valence-electron chi connectivity index (χ4n) is 2.62. The van der Waals surface area contributed by atoms with Crippen LogP contribution in [-0.2, 0) is 19.5 Å². The van der Waals surface area contributed by atoms with E-state index in [1.54, 1.807) is 11.8 Å². The molecule has 0 aliphatic carbocycles. The zero-order chi connectivity index (χ0) is 14.8. The topological polar surface area (TPSA) is 75.0 Å². The smallest absolute Gasteiger partial charge is 0.257 e. The van der Waals surface area contributed by atoms with Gasteiger partial charge in [-0.25, -0.2) is 4.98 Å². The molecule has 3 N–H and O–H groups in total. The molecular weight excluding hydrogens is 284 g/mol. The maximum atomic E-state index is 12.0. The number of hydrogen-bond donors (Lipinski definition) is 2. The van der Waals surface area contributed by atoms with Crippen LogP contribution in [0.15, 0.2) is 34.0 Å². The zero-order valence-corrected chi connectivity index (χ0v) is 12.7. The van der Waals surface area contributed by atoms with Crippen LogP contribution in [0, 0.1) is 0 Å². The maximum absolute atomic E-state index is 12.0. The van der Waals surface area contributed by atoms with Crippen LogP contribution < -0.4 is 11.3 Å². The van der Waals surface area contributed by atoms with Crippen molar-refractivity contribution in [1.29, 1.82) is 0 Å². The number of aromatic nitrogens is 2. The Balaban J connectivity index is 1.75. The number of aromatic amines is 1. The lowest BCUT2D eigenvalue weighted by Crippen LogP contribution is -2.35. The normalized spacial score (nSPS) is 14.9. The van der Waals surface area contributed by atoms with Crippen molar-refractivity contribution in [2.24, 2.45) is 0 Å². The number of fused-ring (bicyclic) bond motifs is 1. The first-order valence-corrected chi connectivity index (χ1v) is 8.11. The fourth-order valence-corrected chi connectivity index (χ4v) is 3.03. The van der Waals surface area contributed by atoms with Crippen LogP contribution in [0.3, 0.4) is 0 Å². The van der Waals surface area contributed by atoms with E-state index in [1.165, 1.54) is 10.5 Å². The highest BCUT2D eigenvalue weighted by Crippen LogP contribution is 2.19. The van der Waals surface area contributed by atoms with Gasteiger partial charge in [0.1, 0.15) is 0 Å². The second kappa shape index (κ2) is 5.91. The van der Waals surface area contributed by atoms with Crippen LogP contribution >= 0.6 is 11.8 Å². The van der Waals surface area contributed by atoms with Gasteiger partial charge >= 0.3 is 0 Å². The number of nitrogens with zero attached hydrogens (tertiary/aromatic N) is 2. The van der Waals surface area contributed by atoms with Gasteiger partial charge < -0.3 is 5.73 Å². The minimum Gasteiger partial charge on any atom is -0.369 e. The van der Waals surface area contributed by atoms with Crippen molar-refractivity contribution in [3.8, 4) is 0 Å². The largest absolute Gasteiger partial charge is 0.369 e. The lowest BCUT2D eigenvalue weighted by molar-refractivity contribution is 0.242. The van der Waals surface area contributed by atoms with Crippen LogP contribution in [0.4, 0.5) is 5.95 Å². The van der Waals surface area contributed by atoms with Crippen LogP contribution in [0.5, 0.6) is 0 Å². The van der Waals surface area contributed by atoms with Crippen molar-refractivity contribution in [3.05, 3.63) is 51.4 Å². The molecule has 2 aromatic rings. The molecular formula is C15H18N4OS. The van der Waals surface area contributed by atoms with Crippen LogP contribution in [0.25, 0.3) is 0 Å². The van der Waals surface area contributed by atoms with E-state index in [9.17, 15) is 4.79 Å². The second-order valence-corrected chi connectivity index (χ2v) is 6.06. The summed E-state index contributed by atoms with van der Waals surface area (Å²) in [5.74, 6) is 0.208. The standard InChI is InChI=1S/C15H18N4OS/c1-21-11-4-2-10(3-5-11)8-19-7-6-13-12(9-19)14(20)18-15(16)17-13/h2-5H,6-9H2,1H3,(H3,16,17,18,20). The number of hydrogen-bond acceptors (Lipinski definition) is 5. The minimum absolute atomic E-state index is 0.111. The van der Waals surface area contributed by atoms with E-state index in [0.717, 1.165) is 30.8 Å². The highest BCUT2D eigenvalue weighted by molar-refractivity contribution is 7.98. The molecule has 110 valence electrons. The van der Waals surface area contributed by atoms with Gasteiger partial charge in [-0.3, -0.25) is 14.7 Å². The summed E-state index contributed by atoms with van der Waals surface area (Å²) in [5, 5.41) is 0. The van der Waals surface area contributed by atoms with Gasteiger partial charge in [0.05, 0.1) is 11.3 Å². The Morgan fingerprint density at radius 2 is 2.14 bits per heavy atom. The van der Waals surface area contributed by atoms with Crippen molar-refractivity contribution < 1.29 is 0 Å². The molecule has 3 rings (SSSR count). The summed E-state index contributed by atoms with van der Waals surface area (Å²) in [4.78, 5) is 22.3. The van der Waals surface area contributed by atoms with Gasteiger partial charge in [-0.1, -0.05) is 12.1 Å². The van der Waals surface area contributed by atoms with Crippen molar-refractivity contribution in [3.63, 3.8) is 0 Å². The summed E-state index contributed by atoms with van der Waals surface area (Å²) < 4.78 is 0. The quantitative estimate of drug-likeness (QED) is 0.843. The summed E-state index contributed by atoms with van der Waals surface area (Å²) in [6, 6.07) is 8.56. The summed E-state index contributed by atoms with van der Waals surface area (Å²) in [7, 11) is 0. The Bertz CT molecular complexity index is 696. The summed E-state index contributed by atoms with van der Waals surface area (Å²) in [6.07, 6.45) is 2.84. The highest BCUT2D eigenvalue weighted by Gasteiger charge is 2.20. The molecule has 1 aliphatic rings. The number of thioether (sulfide) groups is 1. The van der Waals surface area contributed by atoms with Gasteiger partial charge in [0, 0.05) is 31.0 Å². The number of H-pyrrole nitrogens is 1. The average molecular weight is 302 g/mol. The van der Waals surface area contributed by atoms with Crippen LogP contribution in [0.2, 0.25) is 0 Å². The van der Waals surface area contributed by atoms with Crippen molar-refractivity contribution >= 4 is 17.7 Å². The van der Waals surface area contributed by atoms with Gasteiger partial charge in [-0.15, -0.1) is 11.8 Å². The lowest BCUT2D eigenvalue weighted by atomic mass is 10.1. The van der Waals surface area contributed by atoms with Crippen molar-refractivity contribution in [2.75, 3.05) is 18.5 Å². The van der Waals surface area contributed by atoms with Gasteiger partial charge in [0.15, 0.2) is 0 Å². The molecule has 0 unspecified atom stereocenters. The Labute approximate surface area is 127 Å². The fraction of sp³-hybridized carbons (Fsp3) is 0.333. The molecule has 1 aromatic heterocycles. The van der Waals surface area contributed by atoms with Crippen molar-refractivity contribution in [2.45, 2.75) is 24.4 Å². The number of nitrogens with one attached hydrogen (secondary N) is 1. The molecule has 0 amide bonds. The van der Waals surface area contributed by atoms with Crippen LogP contribution in [0.1, 0.15) is 16.8 Å². The average Bonchev–Trinajstić information content (AvgIpc) is 2.48. The molecule has 0 bridgehead atoms. The van der Waals surface area contributed by atoms with E-state index < -0.39 is 0 Å². The SMILES string of the molecule is CSc1ccc(CN2CCc3nc(N)[nH]c(=O)c3C2)cc1. The van der Waals surface area contributed by atoms with E-state index in [-0.39, 0.29) is 11.5 Å². The van der Waals surface area contributed by atoms with E-state index in [0.29, 0.717) is 6.54 Å². The first kappa shape index (κ1) is 14.2. The Kier molecular flexibility index (Phi) is 3.98. The molecule has 5 nitrogen and oxygen atoms in total. The molecule has 1 aliphatic heterocycles. The lowest BCUT2D eigenvalue weighted by Gasteiger charge is -2.27. The molecule has 21 heavy (non-hydrogen) atoms. The van der Waals surface area contributed by atoms with E-state index in [1.807, 2.05) is 0 Å². The van der Waals surface area contributed by atoms with Gasteiger partial charge in [-0.05, 0) is 24.0 Å². The summed E-state index contributed by atoms with van der Waals surface area (Å²) >= 11 is 1.74. The third kappa shape index (κ3) is 3.11. The second-order valence-electron chi connectivity index (χ2n) is 5.19. The third-order valence-electron chi connectivity index (χ3n) is 3.73. The predicted octanol–water partition coefficient (Wildman–Crippen LogP) is 1.63. The number of anilines is 1. The highest BCUT2D eigenvalue weighted by atomic mass is 32.2. The number of nitrogen functional groups attached to an aromatic ring is 1. The predicted molar refractivity (Wildman–Crippen MR) is 85.3 cm³/mol. The summed E-state index contributed by atoms with van der Waals surface area (Å²) in [6.45, 7) is 2.37. The molecule has 0 atom stereocenters.